The molecule has 0 unspecified atom stereocenters. The number of amides is 1. The van der Waals surface area contributed by atoms with Crippen molar-refractivity contribution in [2.45, 2.75) is 13.5 Å². The number of nitrogens with one attached hydrogen (secondary N) is 1. The summed E-state index contributed by atoms with van der Waals surface area (Å²) in [5.74, 6) is -0.00762. The van der Waals surface area contributed by atoms with Gasteiger partial charge in [0.15, 0.2) is 0 Å². The second-order valence-corrected chi connectivity index (χ2v) is 7.57. The third kappa shape index (κ3) is 5.09. The predicted octanol–water partition coefficient (Wildman–Crippen LogP) is 4.45. The van der Waals surface area contributed by atoms with Gasteiger partial charge in [-0.05, 0) is 46.6 Å². The van der Waals surface area contributed by atoms with Crippen LogP contribution in [0.2, 0.25) is 0 Å². The van der Waals surface area contributed by atoms with Gasteiger partial charge >= 0.3 is 0 Å². The quantitative estimate of drug-likeness (QED) is 0.721. The normalized spacial score (nSPS) is 10.7. The molecule has 0 aliphatic heterocycles. The summed E-state index contributed by atoms with van der Waals surface area (Å²) >= 11 is 5.15. The van der Waals surface area contributed by atoms with Crippen molar-refractivity contribution in [1.82, 2.24) is 4.90 Å². The van der Waals surface area contributed by atoms with Gasteiger partial charge in [-0.25, -0.2) is 0 Å². The Kier molecular flexibility index (Phi) is 6.36. The number of hydrogen-bond donors (Lipinski definition) is 1. The van der Waals surface area contributed by atoms with Gasteiger partial charge in [0.05, 0.1) is 10.3 Å². The average molecular weight is 379 g/mol. The molecule has 1 aromatic carbocycles. The van der Waals surface area contributed by atoms with Crippen molar-refractivity contribution in [2.75, 3.05) is 18.4 Å². The Morgan fingerprint density at radius 1 is 1.36 bits per heavy atom. The zero-order chi connectivity index (χ0) is 15.9. The van der Waals surface area contributed by atoms with Crippen LogP contribution in [0.15, 0.2) is 52.8 Å². The van der Waals surface area contributed by atoms with Crippen molar-refractivity contribution < 1.29 is 4.79 Å². The van der Waals surface area contributed by atoms with E-state index in [1.54, 1.807) is 11.3 Å². The molecular weight excluding hydrogens is 360 g/mol. The molecule has 0 aliphatic rings. The molecule has 0 radical (unpaired) electrons. The van der Waals surface area contributed by atoms with Gasteiger partial charge in [0.2, 0.25) is 5.91 Å². The zero-order valence-corrected chi connectivity index (χ0v) is 14.9. The van der Waals surface area contributed by atoms with E-state index in [0.29, 0.717) is 13.1 Å². The molecule has 22 heavy (non-hydrogen) atoms. The zero-order valence-electron chi connectivity index (χ0n) is 12.5. The summed E-state index contributed by atoms with van der Waals surface area (Å²) in [7, 11) is 0. The number of benzene rings is 1. The number of para-hydroxylation sites is 1. The Hall–Kier alpha value is -1.43. The third-order valence-corrected chi connectivity index (χ3v) is 4.79. The highest BCUT2D eigenvalue weighted by atomic mass is 79.9. The van der Waals surface area contributed by atoms with Crippen molar-refractivity contribution in [3.05, 3.63) is 63.3 Å². The van der Waals surface area contributed by atoms with Crippen LogP contribution in [0.5, 0.6) is 0 Å². The molecule has 1 heterocycles. The standard InChI is InChI=1S/C17H19BrN2OS/c1-3-10-20(11-14-8-9-16(18)22-14)12-17(21)19-15-7-5-4-6-13(15)2/h3-9H,1,10-12H2,2H3,(H,19,21). The lowest BCUT2D eigenvalue weighted by Crippen LogP contribution is -2.33. The van der Waals surface area contributed by atoms with E-state index in [-0.39, 0.29) is 5.91 Å². The number of aryl methyl sites for hydroxylation is 1. The number of carbonyl (C=O) groups is 1. The maximum absolute atomic E-state index is 12.3. The topological polar surface area (TPSA) is 32.3 Å². The Labute approximate surface area is 143 Å². The molecule has 0 bridgehead atoms. The smallest absolute Gasteiger partial charge is 0.238 e. The number of rotatable bonds is 7. The maximum atomic E-state index is 12.3. The molecular formula is C17H19BrN2OS. The molecule has 2 aromatic rings. The Morgan fingerprint density at radius 2 is 2.14 bits per heavy atom. The van der Waals surface area contributed by atoms with Crippen LogP contribution < -0.4 is 5.32 Å². The Balaban J connectivity index is 1.96. The van der Waals surface area contributed by atoms with E-state index in [0.717, 1.165) is 21.6 Å². The molecule has 0 atom stereocenters. The number of anilines is 1. The molecule has 3 nitrogen and oxygen atoms in total. The lowest BCUT2D eigenvalue weighted by molar-refractivity contribution is -0.117. The van der Waals surface area contributed by atoms with Crippen LogP contribution in [-0.4, -0.2) is 23.9 Å². The van der Waals surface area contributed by atoms with Crippen LogP contribution in [0.1, 0.15) is 10.4 Å². The van der Waals surface area contributed by atoms with Crippen molar-refractivity contribution >= 4 is 38.9 Å². The number of halogens is 1. The molecule has 1 amide bonds. The fourth-order valence-electron chi connectivity index (χ4n) is 2.13. The van der Waals surface area contributed by atoms with Crippen LogP contribution in [0.4, 0.5) is 5.69 Å². The number of thiophene rings is 1. The van der Waals surface area contributed by atoms with Gasteiger partial charge in [-0.15, -0.1) is 17.9 Å². The number of hydrogen-bond acceptors (Lipinski definition) is 3. The largest absolute Gasteiger partial charge is 0.325 e. The van der Waals surface area contributed by atoms with Gasteiger partial charge in [0.1, 0.15) is 0 Å². The molecule has 0 saturated carbocycles. The van der Waals surface area contributed by atoms with E-state index in [1.165, 1.54) is 4.88 Å². The van der Waals surface area contributed by atoms with Crippen molar-refractivity contribution in [2.24, 2.45) is 0 Å². The second-order valence-electron chi connectivity index (χ2n) is 5.03. The number of carbonyl (C=O) groups excluding carboxylic acids is 1. The van der Waals surface area contributed by atoms with Crippen LogP contribution >= 0.6 is 27.3 Å². The minimum atomic E-state index is -0.00762. The highest BCUT2D eigenvalue weighted by molar-refractivity contribution is 9.11. The van der Waals surface area contributed by atoms with Crippen LogP contribution in [0, 0.1) is 6.92 Å². The Bertz CT molecular complexity index is 654. The van der Waals surface area contributed by atoms with E-state index in [4.69, 9.17) is 0 Å². The van der Waals surface area contributed by atoms with Crippen molar-refractivity contribution in [3.63, 3.8) is 0 Å². The summed E-state index contributed by atoms with van der Waals surface area (Å²) in [5.41, 5.74) is 1.93. The van der Waals surface area contributed by atoms with E-state index < -0.39 is 0 Å². The summed E-state index contributed by atoms with van der Waals surface area (Å²) < 4.78 is 1.10. The monoisotopic (exact) mass is 378 g/mol. The van der Waals surface area contributed by atoms with Gasteiger partial charge in [-0.3, -0.25) is 9.69 Å². The molecule has 0 spiro atoms. The van der Waals surface area contributed by atoms with E-state index >= 15 is 0 Å². The fraction of sp³-hybridized carbons (Fsp3) is 0.235. The molecule has 1 aromatic heterocycles. The first-order valence-corrected chi connectivity index (χ1v) is 8.62. The van der Waals surface area contributed by atoms with Crippen molar-refractivity contribution in [3.8, 4) is 0 Å². The van der Waals surface area contributed by atoms with E-state index in [1.807, 2.05) is 43.3 Å². The van der Waals surface area contributed by atoms with Crippen LogP contribution in [0.3, 0.4) is 0 Å². The molecule has 0 fully saturated rings. The summed E-state index contributed by atoms with van der Waals surface area (Å²) in [6.45, 7) is 7.52. The second kappa shape index (κ2) is 8.27. The molecule has 0 aliphatic carbocycles. The first-order chi connectivity index (χ1) is 10.6. The summed E-state index contributed by atoms with van der Waals surface area (Å²) in [4.78, 5) is 15.5. The molecule has 5 heteroatoms. The van der Waals surface area contributed by atoms with Gasteiger partial charge in [-0.1, -0.05) is 24.3 Å². The molecule has 116 valence electrons. The molecule has 0 saturated heterocycles. The van der Waals surface area contributed by atoms with Gasteiger partial charge in [-0.2, -0.15) is 0 Å². The molecule has 1 N–H and O–H groups in total. The lowest BCUT2D eigenvalue weighted by atomic mass is 10.2. The van der Waals surface area contributed by atoms with Crippen LogP contribution in [0.25, 0.3) is 0 Å². The van der Waals surface area contributed by atoms with Crippen molar-refractivity contribution in [1.29, 1.82) is 0 Å². The summed E-state index contributed by atoms with van der Waals surface area (Å²) in [5, 5.41) is 2.97. The first kappa shape index (κ1) is 16.9. The Morgan fingerprint density at radius 3 is 2.77 bits per heavy atom. The van der Waals surface area contributed by atoms with Gasteiger partial charge < -0.3 is 5.32 Å². The summed E-state index contributed by atoms with van der Waals surface area (Å²) in [6, 6.07) is 11.9. The predicted molar refractivity (Wildman–Crippen MR) is 97.3 cm³/mol. The van der Waals surface area contributed by atoms with E-state index in [9.17, 15) is 4.79 Å². The maximum Gasteiger partial charge on any atom is 0.238 e. The first-order valence-electron chi connectivity index (χ1n) is 7.01. The van der Waals surface area contributed by atoms with Gasteiger partial charge in [0, 0.05) is 23.7 Å². The highest BCUT2D eigenvalue weighted by Gasteiger charge is 2.12. The van der Waals surface area contributed by atoms with Gasteiger partial charge in [0.25, 0.3) is 0 Å². The molecule has 2 rings (SSSR count). The lowest BCUT2D eigenvalue weighted by Gasteiger charge is -2.19. The third-order valence-electron chi connectivity index (χ3n) is 3.18. The number of nitrogens with zero attached hydrogens (tertiary/aromatic N) is 1. The average Bonchev–Trinajstić information content (AvgIpc) is 2.87. The van der Waals surface area contributed by atoms with E-state index in [2.05, 4.69) is 38.8 Å². The highest BCUT2D eigenvalue weighted by Crippen LogP contribution is 2.23. The fourth-order valence-corrected chi connectivity index (χ4v) is 3.66. The SMILES string of the molecule is C=CCN(CC(=O)Nc1ccccc1C)Cc1ccc(Br)s1. The minimum Gasteiger partial charge on any atom is -0.325 e. The minimum absolute atomic E-state index is 0.00762. The summed E-state index contributed by atoms with van der Waals surface area (Å²) in [6.07, 6.45) is 1.82. The van der Waals surface area contributed by atoms with Crippen LogP contribution in [-0.2, 0) is 11.3 Å².